The van der Waals surface area contributed by atoms with Crippen molar-refractivity contribution >= 4 is 22.6 Å². The molecule has 1 N–H and O–H groups in total. The molecule has 17 heavy (non-hydrogen) atoms. The molecule has 8 heteroatoms. The van der Waals surface area contributed by atoms with Gasteiger partial charge in [-0.3, -0.25) is 5.32 Å². The Bertz CT molecular complexity index is 312. The molecule has 1 aromatic rings. The average Bonchev–Trinajstić information content (AvgIpc) is 2.82. The summed E-state index contributed by atoms with van der Waals surface area (Å²) in [7, 11) is 3.19. The van der Waals surface area contributed by atoms with Crippen LogP contribution < -0.4 is 5.32 Å². The van der Waals surface area contributed by atoms with E-state index in [1.54, 1.807) is 19.1 Å². The molecule has 0 fully saturated rings. The van der Waals surface area contributed by atoms with Gasteiger partial charge in [-0.2, -0.15) is 0 Å². The summed E-state index contributed by atoms with van der Waals surface area (Å²) < 4.78 is 13.6. The van der Waals surface area contributed by atoms with Gasteiger partial charge in [0.25, 0.3) is 0 Å². The van der Waals surface area contributed by atoms with Gasteiger partial charge in [0.2, 0.25) is 0 Å². The van der Waals surface area contributed by atoms with Crippen LogP contribution in [0, 0.1) is 0 Å². The Morgan fingerprint density at radius 2 is 2.06 bits per heavy atom. The summed E-state index contributed by atoms with van der Waals surface area (Å²) in [5.41, 5.74) is 0. The van der Waals surface area contributed by atoms with Crippen LogP contribution in [0.15, 0.2) is 6.20 Å². The van der Waals surface area contributed by atoms with Gasteiger partial charge in [0.05, 0.1) is 19.4 Å². The summed E-state index contributed by atoms with van der Waals surface area (Å²) in [6, 6.07) is -0.204. The molecule has 0 aliphatic rings. The molecule has 2 amide bonds. The quantitative estimate of drug-likeness (QED) is 0.779. The molecule has 0 radical (unpaired) electrons. The Kier molecular flexibility index (Phi) is 6.45. The predicted molar refractivity (Wildman–Crippen MR) is 64.3 cm³/mol. The maximum Gasteiger partial charge on any atom is 0.322 e. The van der Waals surface area contributed by atoms with E-state index in [4.69, 9.17) is 9.47 Å². The summed E-state index contributed by atoms with van der Waals surface area (Å²) in [5.74, 6) is 0. The number of nitrogens with one attached hydrogen (secondary N) is 1. The number of anilines is 1. The molecule has 0 aliphatic heterocycles. The number of hydrogen-bond donors (Lipinski definition) is 1. The monoisotopic (exact) mass is 260 g/mol. The number of urea groups is 1. The van der Waals surface area contributed by atoms with Crippen molar-refractivity contribution in [2.75, 3.05) is 45.8 Å². The highest BCUT2D eigenvalue weighted by atomic mass is 32.1. The number of ether oxygens (including phenoxy) is 2. The van der Waals surface area contributed by atoms with Crippen LogP contribution in [0.2, 0.25) is 0 Å². The van der Waals surface area contributed by atoms with E-state index < -0.39 is 0 Å². The molecule has 1 rings (SSSR count). The highest BCUT2D eigenvalue weighted by Gasteiger charge is 2.13. The Labute approximate surface area is 104 Å². The van der Waals surface area contributed by atoms with Gasteiger partial charge in [-0.25, -0.2) is 4.79 Å². The first-order valence-corrected chi connectivity index (χ1v) is 5.86. The molecule has 0 aromatic carbocycles. The van der Waals surface area contributed by atoms with Gasteiger partial charge in [-0.1, -0.05) is 4.49 Å². The van der Waals surface area contributed by atoms with E-state index in [2.05, 4.69) is 14.9 Å². The zero-order valence-corrected chi connectivity index (χ0v) is 10.7. The fraction of sp³-hybridized carbons (Fsp3) is 0.667. The number of carbonyl (C=O) groups is 1. The number of hydrogen-bond acceptors (Lipinski definition) is 6. The fourth-order valence-corrected chi connectivity index (χ4v) is 1.53. The first kappa shape index (κ1) is 13.8. The third kappa shape index (κ3) is 5.07. The molecule has 0 atom stereocenters. The van der Waals surface area contributed by atoms with Crippen molar-refractivity contribution < 1.29 is 14.3 Å². The second-order valence-electron chi connectivity index (χ2n) is 3.18. The first-order valence-electron chi connectivity index (χ1n) is 5.09. The standard InChI is InChI=1S/C9H16N4O3S/c1-15-5-3-13(4-6-16-2)9(14)11-8-7-10-12-17-8/h7H,3-6H2,1-2H3,(H,11,14). The van der Waals surface area contributed by atoms with Crippen molar-refractivity contribution in [2.45, 2.75) is 0 Å². The third-order valence-electron chi connectivity index (χ3n) is 2.01. The summed E-state index contributed by atoms with van der Waals surface area (Å²) in [6.45, 7) is 1.99. The smallest absolute Gasteiger partial charge is 0.322 e. The van der Waals surface area contributed by atoms with E-state index in [1.165, 1.54) is 6.20 Å². The van der Waals surface area contributed by atoms with Gasteiger partial charge in [0.1, 0.15) is 5.00 Å². The fourth-order valence-electron chi connectivity index (χ4n) is 1.12. The number of rotatable bonds is 7. The van der Waals surface area contributed by atoms with Crippen LogP contribution in [0.3, 0.4) is 0 Å². The Hall–Kier alpha value is -1.25. The lowest BCUT2D eigenvalue weighted by atomic mass is 10.5. The minimum absolute atomic E-state index is 0.204. The normalized spacial score (nSPS) is 10.2. The molecule has 0 saturated heterocycles. The largest absolute Gasteiger partial charge is 0.383 e. The van der Waals surface area contributed by atoms with Crippen LogP contribution in [0.25, 0.3) is 0 Å². The van der Waals surface area contributed by atoms with Crippen molar-refractivity contribution in [1.82, 2.24) is 14.5 Å². The summed E-state index contributed by atoms with van der Waals surface area (Å²) in [5, 5.41) is 6.97. The van der Waals surface area contributed by atoms with Crippen LogP contribution in [0.4, 0.5) is 9.80 Å². The van der Waals surface area contributed by atoms with E-state index in [0.29, 0.717) is 31.3 Å². The molecular weight excluding hydrogens is 244 g/mol. The zero-order valence-electron chi connectivity index (χ0n) is 9.88. The van der Waals surface area contributed by atoms with Gasteiger partial charge in [-0.15, -0.1) is 5.10 Å². The minimum atomic E-state index is -0.204. The maximum absolute atomic E-state index is 11.9. The van der Waals surface area contributed by atoms with Crippen molar-refractivity contribution in [2.24, 2.45) is 0 Å². The van der Waals surface area contributed by atoms with Crippen LogP contribution >= 0.6 is 11.5 Å². The van der Waals surface area contributed by atoms with Crippen LogP contribution in [0.5, 0.6) is 0 Å². The van der Waals surface area contributed by atoms with E-state index >= 15 is 0 Å². The van der Waals surface area contributed by atoms with E-state index in [9.17, 15) is 4.79 Å². The van der Waals surface area contributed by atoms with Crippen molar-refractivity contribution in [3.63, 3.8) is 0 Å². The number of methoxy groups -OCH3 is 2. The second kappa shape index (κ2) is 7.93. The topological polar surface area (TPSA) is 76.6 Å². The predicted octanol–water partition coefficient (Wildman–Crippen LogP) is 0.665. The lowest BCUT2D eigenvalue weighted by Gasteiger charge is -2.21. The number of aromatic nitrogens is 2. The molecule has 0 aliphatic carbocycles. The molecule has 96 valence electrons. The molecule has 0 saturated carbocycles. The third-order valence-corrected chi connectivity index (χ3v) is 2.59. The number of nitrogens with zero attached hydrogens (tertiary/aromatic N) is 3. The molecule has 0 unspecified atom stereocenters. The van der Waals surface area contributed by atoms with E-state index in [0.717, 1.165) is 11.5 Å². The number of carbonyl (C=O) groups excluding carboxylic acids is 1. The van der Waals surface area contributed by atoms with Gasteiger partial charge >= 0.3 is 6.03 Å². The van der Waals surface area contributed by atoms with Gasteiger partial charge in [0, 0.05) is 38.8 Å². The van der Waals surface area contributed by atoms with Gasteiger partial charge in [0.15, 0.2) is 0 Å². The summed E-state index contributed by atoms with van der Waals surface area (Å²) in [4.78, 5) is 13.5. The van der Waals surface area contributed by atoms with Gasteiger partial charge in [-0.05, 0) is 0 Å². The Balaban J connectivity index is 2.46. The van der Waals surface area contributed by atoms with Crippen molar-refractivity contribution in [3.8, 4) is 0 Å². The number of amides is 2. The molecule has 1 heterocycles. The maximum atomic E-state index is 11.9. The van der Waals surface area contributed by atoms with Crippen molar-refractivity contribution in [1.29, 1.82) is 0 Å². The highest BCUT2D eigenvalue weighted by Crippen LogP contribution is 2.10. The highest BCUT2D eigenvalue weighted by molar-refractivity contribution is 7.10. The van der Waals surface area contributed by atoms with Crippen LogP contribution in [0.1, 0.15) is 0 Å². The summed E-state index contributed by atoms with van der Waals surface area (Å²) >= 11 is 1.13. The zero-order chi connectivity index (χ0) is 12.5. The second-order valence-corrected chi connectivity index (χ2v) is 3.97. The lowest BCUT2D eigenvalue weighted by Crippen LogP contribution is -2.39. The van der Waals surface area contributed by atoms with Gasteiger partial charge < -0.3 is 14.4 Å². The van der Waals surface area contributed by atoms with Crippen molar-refractivity contribution in [3.05, 3.63) is 6.20 Å². The first-order chi connectivity index (χ1) is 8.27. The minimum Gasteiger partial charge on any atom is -0.383 e. The van der Waals surface area contributed by atoms with Crippen LogP contribution in [-0.2, 0) is 9.47 Å². The Morgan fingerprint density at radius 3 is 2.53 bits per heavy atom. The SMILES string of the molecule is COCCN(CCOC)C(=O)Nc1cnns1. The lowest BCUT2D eigenvalue weighted by molar-refractivity contribution is 0.127. The van der Waals surface area contributed by atoms with E-state index in [1.807, 2.05) is 0 Å². The summed E-state index contributed by atoms with van der Waals surface area (Å²) in [6.07, 6.45) is 1.51. The average molecular weight is 260 g/mol. The molecule has 7 nitrogen and oxygen atoms in total. The van der Waals surface area contributed by atoms with E-state index in [-0.39, 0.29) is 6.03 Å². The molecular formula is C9H16N4O3S. The van der Waals surface area contributed by atoms with Crippen LogP contribution in [-0.4, -0.2) is 61.0 Å². The molecule has 0 spiro atoms. The Morgan fingerprint density at radius 1 is 1.41 bits per heavy atom. The molecule has 1 aromatic heterocycles. The molecule has 0 bridgehead atoms.